The maximum absolute atomic E-state index is 12.3. The van der Waals surface area contributed by atoms with Crippen LogP contribution in [0.5, 0.6) is 0 Å². The number of Topliss-reactive ketones (excluding diaryl/α,β-unsaturated/α-hetero) is 1. The van der Waals surface area contributed by atoms with Gasteiger partial charge in [-0.15, -0.1) is 0 Å². The zero-order valence-electron chi connectivity index (χ0n) is 14.7. The molecule has 0 aliphatic rings. The molecule has 0 bridgehead atoms. The number of benzene rings is 2. The zero-order valence-corrected chi connectivity index (χ0v) is 15.5. The van der Waals surface area contributed by atoms with Crippen molar-refractivity contribution in [2.45, 2.75) is 0 Å². The number of anilines is 1. The fourth-order valence-electron chi connectivity index (χ4n) is 2.22. The number of nitrogens with two attached hydrogens (primary N) is 2. The average molecular weight is 414 g/mol. The second kappa shape index (κ2) is 9.31. The SMILES string of the molecule is N#Cc1cc(C(=O)O)ccc1N(N)/C(=N\N)SCC(=O)c1ccc([N+](=O)[O-])cc1. The van der Waals surface area contributed by atoms with Crippen molar-refractivity contribution in [1.82, 2.24) is 0 Å². The molecular weight excluding hydrogens is 400 g/mol. The van der Waals surface area contributed by atoms with Crippen LogP contribution in [0.3, 0.4) is 0 Å². The molecule has 0 fully saturated rings. The first-order valence-electron chi connectivity index (χ1n) is 7.79. The molecule has 11 nitrogen and oxygen atoms in total. The van der Waals surface area contributed by atoms with Crippen molar-refractivity contribution in [2.75, 3.05) is 10.8 Å². The lowest BCUT2D eigenvalue weighted by atomic mass is 10.1. The van der Waals surface area contributed by atoms with Crippen LogP contribution in [0.2, 0.25) is 0 Å². The van der Waals surface area contributed by atoms with Crippen LogP contribution in [0.25, 0.3) is 0 Å². The lowest BCUT2D eigenvalue weighted by Gasteiger charge is -2.20. The van der Waals surface area contributed by atoms with Crippen molar-refractivity contribution in [2.24, 2.45) is 16.8 Å². The Morgan fingerprint density at radius 3 is 2.38 bits per heavy atom. The van der Waals surface area contributed by atoms with Gasteiger partial charge in [0.05, 0.1) is 27.5 Å². The van der Waals surface area contributed by atoms with Crippen LogP contribution in [-0.4, -0.2) is 32.7 Å². The fourth-order valence-corrected chi connectivity index (χ4v) is 2.96. The summed E-state index contributed by atoms with van der Waals surface area (Å²) in [5, 5.41) is 33.4. The van der Waals surface area contributed by atoms with E-state index in [9.17, 15) is 25.0 Å². The summed E-state index contributed by atoms with van der Waals surface area (Å²) in [6.45, 7) is 0. The van der Waals surface area contributed by atoms with E-state index in [1.165, 1.54) is 36.4 Å². The third-order valence-corrected chi connectivity index (χ3v) is 4.64. The molecule has 148 valence electrons. The Morgan fingerprint density at radius 1 is 1.24 bits per heavy atom. The highest BCUT2D eigenvalue weighted by atomic mass is 32.2. The van der Waals surface area contributed by atoms with Gasteiger partial charge < -0.3 is 10.9 Å². The number of carbonyl (C=O) groups is 2. The Labute approximate surface area is 168 Å². The number of carbonyl (C=O) groups excluding carboxylic acids is 1. The van der Waals surface area contributed by atoms with E-state index >= 15 is 0 Å². The molecule has 0 saturated carbocycles. The molecule has 12 heteroatoms. The number of non-ortho nitro benzene ring substituents is 1. The molecule has 0 heterocycles. The fraction of sp³-hybridized carbons (Fsp3) is 0.0588. The van der Waals surface area contributed by atoms with Gasteiger partial charge in [0, 0.05) is 17.7 Å². The largest absolute Gasteiger partial charge is 0.478 e. The Bertz CT molecular complexity index is 1030. The zero-order chi connectivity index (χ0) is 21.6. The second-order valence-electron chi connectivity index (χ2n) is 5.45. The number of ketones is 1. The van der Waals surface area contributed by atoms with Crippen molar-refractivity contribution in [3.05, 3.63) is 69.3 Å². The van der Waals surface area contributed by atoms with Gasteiger partial charge in [-0.2, -0.15) is 10.4 Å². The quantitative estimate of drug-likeness (QED) is 0.157. The van der Waals surface area contributed by atoms with E-state index in [2.05, 4.69) is 5.10 Å². The summed E-state index contributed by atoms with van der Waals surface area (Å²) in [7, 11) is 0. The minimum absolute atomic E-state index is 0.000151. The van der Waals surface area contributed by atoms with E-state index in [0.29, 0.717) is 0 Å². The smallest absolute Gasteiger partial charge is 0.335 e. The molecule has 0 radical (unpaired) electrons. The molecule has 0 aliphatic carbocycles. The van der Waals surface area contributed by atoms with E-state index < -0.39 is 10.9 Å². The highest BCUT2D eigenvalue weighted by Crippen LogP contribution is 2.23. The summed E-state index contributed by atoms with van der Waals surface area (Å²) in [6.07, 6.45) is 0. The van der Waals surface area contributed by atoms with E-state index in [-0.39, 0.29) is 44.8 Å². The molecule has 0 aromatic heterocycles. The minimum Gasteiger partial charge on any atom is -0.478 e. The second-order valence-corrected chi connectivity index (χ2v) is 6.39. The Morgan fingerprint density at radius 2 is 1.86 bits per heavy atom. The van der Waals surface area contributed by atoms with Crippen LogP contribution < -0.4 is 16.7 Å². The highest BCUT2D eigenvalue weighted by Gasteiger charge is 2.18. The molecule has 0 saturated heterocycles. The summed E-state index contributed by atoms with van der Waals surface area (Å²) in [5.74, 6) is 9.61. The molecule has 2 rings (SSSR count). The van der Waals surface area contributed by atoms with Crippen LogP contribution in [0.4, 0.5) is 11.4 Å². The molecule has 0 unspecified atom stereocenters. The van der Waals surface area contributed by atoms with E-state index in [1.54, 1.807) is 0 Å². The van der Waals surface area contributed by atoms with Gasteiger partial charge >= 0.3 is 5.97 Å². The number of nitro benzene ring substituents is 1. The minimum atomic E-state index is -1.20. The third-order valence-electron chi connectivity index (χ3n) is 3.67. The van der Waals surface area contributed by atoms with E-state index in [0.717, 1.165) is 22.8 Å². The number of thioether (sulfide) groups is 1. The molecule has 0 aliphatic heterocycles. The number of hydrazone groups is 1. The number of rotatable bonds is 6. The normalized spacial score (nSPS) is 10.8. The third kappa shape index (κ3) is 5.06. The van der Waals surface area contributed by atoms with E-state index in [1.807, 2.05) is 6.07 Å². The van der Waals surface area contributed by atoms with Crippen molar-refractivity contribution >= 4 is 40.1 Å². The Hall–Kier alpha value is -3.95. The monoisotopic (exact) mass is 414 g/mol. The standard InChI is InChI=1S/C17H14N6O5S/c18-8-12-7-11(16(25)26)3-6-14(12)22(20)17(21-19)29-9-15(24)10-1-4-13(5-2-10)23(27)28/h1-7H,9,19-20H2,(H,25,26)/b21-17+. The van der Waals surface area contributed by atoms with Crippen LogP contribution in [0, 0.1) is 21.4 Å². The molecule has 2 aromatic rings. The molecule has 29 heavy (non-hydrogen) atoms. The van der Waals surface area contributed by atoms with Crippen LogP contribution in [0.15, 0.2) is 47.6 Å². The first kappa shape index (κ1) is 21.4. The number of hydrazine groups is 1. The lowest BCUT2D eigenvalue weighted by molar-refractivity contribution is -0.384. The lowest BCUT2D eigenvalue weighted by Crippen LogP contribution is -2.37. The number of amidine groups is 1. The molecule has 5 N–H and O–H groups in total. The number of nitrogens with zero attached hydrogens (tertiary/aromatic N) is 4. The van der Waals surface area contributed by atoms with Gasteiger partial charge in [-0.25, -0.2) is 10.6 Å². The molecule has 0 atom stereocenters. The number of carboxylic acids is 1. The van der Waals surface area contributed by atoms with Gasteiger partial charge in [-0.3, -0.25) is 19.9 Å². The molecule has 0 amide bonds. The first-order chi connectivity index (χ1) is 13.8. The van der Waals surface area contributed by atoms with Crippen LogP contribution in [0.1, 0.15) is 26.3 Å². The topological polar surface area (TPSA) is 189 Å². The number of nitriles is 1. The van der Waals surface area contributed by atoms with Crippen molar-refractivity contribution < 1.29 is 19.6 Å². The Balaban J connectivity index is 2.14. The van der Waals surface area contributed by atoms with E-state index in [4.69, 9.17) is 16.8 Å². The average Bonchev–Trinajstić information content (AvgIpc) is 2.73. The summed E-state index contributed by atoms with van der Waals surface area (Å²) in [6, 6.07) is 10.7. The Kier molecular flexibility index (Phi) is 6.85. The van der Waals surface area contributed by atoms with Gasteiger partial charge in [0.2, 0.25) is 5.17 Å². The van der Waals surface area contributed by atoms with Crippen LogP contribution in [-0.2, 0) is 0 Å². The summed E-state index contributed by atoms with van der Waals surface area (Å²) in [5.41, 5.74) is 0.158. The molecular formula is C17H14N6O5S. The summed E-state index contributed by atoms with van der Waals surface area (Å²) in [4.78, 5) is 33.4. The predicted molar refractivity (Wildman–Crippen MR) is 106 cm³/mol. The highest BCUT2D eigenvalue weighted by molar-refractivity contribution is 8.14. The first-order valence-corrected chi connectivity index (χ1v) is 8.77. The van der Waals surface area contributed by atoms with Crippen LogP contribution >= 0.6 is 11.8 Å². The van der Waals surface area contributed by atoms with Crippen molar-refractivity contribution in [3.8, 4) is 6.07 Å². The van der Waals surface area contributed by atoms with Crippen molar-refractivity contribution in [3.63, 3.8) is 0 Å². The van der Waals surface area contributed by atoms with Crippen molar-refractivity contribution in [1.29, 1.82) is 5.26 Å². The number of carboxylic acid groups (broad SMARTS) is 1. The maximum atomic E-state index is 12.3. The van der Waals surface area contributed by atoms with Gasteiger partial charge in [0.1, 0.15) is 6.07 Å². The van der Waals surface area contributed by atoms with Gasteiger partial charge in [-0.05, 0) is 30.3 Å². The molecule has 0 spiro atoms. The predicted octanol–water partition coefficient (Wildman–Crippen LogP) is 1.69. The number of aromatic carboxylic acids is 1. The van der Waals surface area contributed by atoms with Gasteiger partial charge in [-0.1, -0.05) is 11.8 Å². The molecule has 2 aromatic carbocycles. The van der Waals surface area contributed by atoms with Gasteiger partial charge in [0.25, 0.3) is 5.69 Å². The number of hydrogen-bond donors (Lipinski definition) is 3. The van der Waals surface area contributed by atoms with Gasteiger partial charge in [0.15, 0.2) is 5.78 Å². The summed E-state index contributed by atoms with van der Waals surface area (Å²) >= 11 is 0.884. The number of hydrogen-bond acceptors (Lipinski definition) is 9. The maximum Gasteiger partial charge on any atom is 0.335 e. The summed E-state index contributed by atoms with van der Waals surface area (Å²) < 4.78 is 0. The number of nitro groups is 1.